The fraction of sp³-hybridized carbons (Fsp3) is 0.158. The quantitative estimate of drug-likeness (QED) is 0.309. The summed E-state index contributed by atoms with van der Waals surface area (Å²) in [5.41, 5.74) is 1.50. The molecule has 0 aliphatic heterocycles. The molecule has 0 saturated heterocycles. The Morgan fingerprint density at radius 2 is 1.88 bits per heavy atom. The van der Waals surface area contributed by atoms with Crippen LogP contribution in [0.25, 0.3) is 0 Å². The van der Waals surface area contributed by atoms with Crippen molar-refractivity contribution in [1.82, 2.24) is 10.6 Å². The number of carbonyl (C=O) groups is 2. The highest BCUT2D eigenvalue weighted by atomic mass is 35.5. The molecule has 7 heteroatoms. The maximum atomic E-state index is 13.0. The second-order valence-electron chi connectivity index (χ2n) is 4.75. The standard InChI is InChI=1S/C19H22ClFN2O3/c1-5-8-16(6-2)23-19(25)14(4)9-10-22-18(24)13-26-17(7-3)11-15(21)12-20/h5-8,11-12H,1-4,9-10,13H2,(H,22,24)(H,23,25)/b15-12-,16-8+,17-11+. The van der Waals surface area contributed by atoms with Gasteiger partial charge in [-0.3, -0.25) is 9.59 Å². The lowest BCUT2D eigenvalue weighted by Gasteiger charge is -2.10. The molecule has 0 aliphatic rings. The van der Waals surface area contributed by atoms with Gasteiger partial charge in [0.25, 0.3) is 11.8 Å². The summed E-state index contributed by atoms with van der Waals surface area (Å²) in [5.74, 6) is -1.50. The largest absolute Gasteiger partial charge is 0.484 e. The number of allylic oxidation sites excluding steroid dienone is 6. The number of hydrogen-bond donors (Lipinski definition) is 2. The minimum absolute atomic E-state index is 0.0595. The van der Waals surface area contributed by atoms with E-state index < -0.39 is 11.7 Å². The molecular formula is C19H22ClFN2O3. The molecular weight excluding hydrogens is 359 g/mol. The number of amides is 2. The SMILES string of the molecule is C=C/C=C(\C=C)NC(=O)C(=C)CCNC(=O)CO/C(C=C)=C/C(F)=C/Cl. The first kappa shape index (κ1) is 23.1. The number of ether oxygens (including phenoxy) is 1. The molecule has 0 heterocycles. The van der Waals surface area contributed by atoms with Gasteiger partial charge in [0.1, 0.15) is 11.6 Å². The van der Waals surface area contributed by atoms with Crippen LogP contribution in [0.5, 0.6) is 0 Å². The zero-order valence-electron chi connectivity index (χ0n) is 14.4. The Morgan fingerprint density at radius 1 is 1.19 bits per heavy atom. The average molecular weight is 381 g/mol. The van der Waals surface area contributed by atoms with Gasteiger partial charge in [-0.15, -0.1) is 0 Å². The van der Waals surface area contributed by atoms with Crippen molar-refractivity contribution in [2.45, 2.75) is 6.42 Å². The van der Waals surface area contributed by atoms with Gasteiger partial charge in [-0.2, -0.15) is 0 Å². The first-order valence-electron chi connectivity index (χ1n) is 7.51. The highest BCUT2D eigenvalue weighted by Crippen LogP contribution is 2.07. The highest BCUT2D eigenvalue weighted by Gasteiger charge is 2.09. The average Bonchev–Trinajstić information content (AvgIpc) is 2.63. The summed E-state index contributed by atoms with van der Waals surface area (Å²) < 4.78 is 18.1. The lowest BCUT2D eigenvalue weighted by molar-refractivity contribution is -0.124. The molecule has 0 aromatic rings. The second kappa shape index (κ2) is 13.4. The fourth-order valence-electron chi connectivity index (χ4n) is 1.50. The molecule has 2 amide bonds. The molecule has 0 radical (unpaired) electrons. The molecule has 0 rings (SSSR count). The third kappa shape index (κ3) is 10.1. The zero-order chi connectivity index (χ0) is 19.9. The zero-order valence-corrected chi connectivity index (χ0v) is 15.2. The van der Waals surface area contributed by atoms with Crippen LogP contribution in [0.1, 0.15) is 6.42 Å². The predicted octanol–water partition coefficient (Wildman–Crippen LogP) is 3.56. The van der Waals surface area contributed by atoms with E-state index in [1.165, 1.54) is 18.2 Å². The van der Waals surface area contributed by atoms with Gasteiger partial charge in [-0.25, -0.2) is 4.39 Å². The molecule has 0 aromatic heterocycles. The number of nitrogens with one attached hydrogen (secondary N) is 2. The van der Waals surface area contributed by atoms with E-state index in [-0.39, 0.29) is 36.8 Å². The predicted molar refractivity (Wildman–Crippen MR) is 103 cm³/mol. The van der Waals surface area contributed by atoms with Gasteiger partial charge in [-0.05, 0) is 24.6 Å². The summed E-state index contributed by atoms with van der Waals surface area (Å²) in [6.45, 7) is 14.0. The van der Waals surface area contributed by atoms with E-state index in [0.717, 1.165) is 11.6 Å². The fourth-order valence-corrected chi connectivity index (χ4v) is 1.56. The van der Waals surface area contributed by atoms with Crippen LogP contribution < -0.4 is 10.6 Å². The molecule has 0 fully saturated rings. The van der Waals surface area contributed by atoms with Crippen LogP contribution >= 0.6 is 11.6 Å². The number of hydrogen-bond acceptors (Lipinski definition) is 3. The van der Waals surface area contributed by atoms with E-state index in [9.17, 15) is 14.0 Å². The van der Waals surface area contributed by atoms with Crippen molar-refractivity contribution < 1.29 is 18.7 Å². The Bertz CT molecular complexity index is 664. The third-order valence-electron chi connectivity index (χ3n) is 2.80. The third-order valence-corrected chi connectivity index (χ3v) is 3.01. The molecule has 0 aromatic carbocycles. The van der Waals surface area contributed by atoms with Crippen molar-refractivity contribution in [3.8, 4) is 0 Å². The summed E-state index contributed by atoms with van der Waals surface area (Å²) in [6.07, 6.45) is 7.05. The van der Waals surface area contributed by atoms with Gasteiger partial charge < -0.3 is 15.4 Å². The van der Waals surface area contributed by atoms with Gasteiger partial charge in [-0.1, -0.05) is 44.0 Å². The lowest BCUT2D eigenvalue weighted by atomic mass is 10.2. The summed E-state index contributed by atoms with van der Waals surface area (Å²) in [4.78, 5) is 23.6. The molecule has 0 spiro atoms. The Kier molecular flexibility index (Phi) is 12.0. The van der Waals surface area contributed by atoms with E-state index >= 15 is 0 Å². The highest BCUT2D eigenvalue weighted by molar-refractivity contribution is 6.25. The van der Waals surface area contributed by atoms with Crippen LogP contribution in [-0.2, 0) is 14.3 Å². The van der Waals surface area contributed by atoms with Crippen molar-refractivity contribution in [2.24, 2.45) is 0 Å². The number of halogens is 2. The normalized spacial score (nSPS) is 12.0. The molecule has 0 aliphatic carbocycles. The van der Waals surface area contributed by atoms with Crippen molar-refractivity contribution in [1.29, 1.82) is 0 Å². The van der Waals surface area contributed by atoms with Crippen molar-refractivity contribution in [3.05, 3.63) is 85.1 Å². The number of rotatable bonds is 12. The molecule has 0 saturated carbocycles. The van der Waals surface area contributed by atoms with Crippen LogP contribution in [-0.4, -0.2) is 25.0 Å². The van der Waals surface area contributed by atoms with Crippen LogP contribution in [0.4, 0.5) is 4.39 Å². The van der Waals surface area contributed by atoms with Gasteiger partial charge in [0, 0.05) is 29.4 Å². The van der Waals surface area contributed by atoms with Crippen molar-refractivity contribution in [2.75, 3.05) is 13.2 Å². The van der Waals surface area contributed by atoms with Gasteiger partial charge in [0.05, 0.1) is 0 Å². The van der Waals surface area contributed by atoms with E-state index in [1.54, 1.807) is 6.08 Å². The van der Waals surface area contributed by atoms with Crippen molar-refractivity contribution >= 4 is 23.4 Å². The summed E-state index contributed by atoms with van der Waals surface area (Å²) >= 11 is 5.19. The molecule has 0 atom stereocenters. The lowest BCUT2D eigenvalue weighted by Crippen LogP contribution is -2.30. The first-order valence-corrected chi connectivity index (χ1v) is 7.95. The molecule has 0 unspecified atom stereocenters. The minimum Gasteiger partial charge on any atom is -0.484 e. The maximum Gasteiger partial charge on any atom is 0.257 e. The molecule has 0 bridgehead atoms. The summed E-state index contributed by atoms with van der Waals surface area (Å²) in [5, 5.41) is 5.16. The smallest absolute Gasteiger partial charge is 0.257 e. The molecule has 140 valence electrons. The van der Waals surface area contributed by atoms with Crippen LogP contribution in [0.15, 0.2) is 85.1 Å². The van der Waals surface area contributed by atoms with Gasteiger partial charge >= 0.3 is 0 Å². The second-order valence-corrected chi connectivity index (χ2v) is 4.97. The van der Waals surface area contributed by atoms with Crippen molar-refractivity contribution in [3.63, 3.8) is 0 Å². The molecule has 2 N–H and O–H groups in total. The van der Waals surface area contributed by atoms with Gasteiger partial charge in [0.15, 0.2) is 6.61 Å². The van der Waals surface area contributed by atoms with E-state index in [2.05, 4.69) is 36.9 Å². The Labute approximate surface area is 157 Å². The Hall–Kier alpha value is -2.86. The van der Waals surface area contributed by atoms with Crippen LogP contribution in [0.3, 0.4) is 0 Å². The minimum atomic E-state index is -0.728. The maximum absolute atomic E-state index is 13.0. The molecule has 26 heavy (non-hydrogen) atoms. The summed E-state index contributed by atoms with van der Waals surface area (Å²) in [6, 6.07) is 0. The Morgan fingerprint density at radius 3 is 2.42 bits per heavy atom. The van der Waals surface area contributed by atoms with E-state index in [0.29, 0.717) is 5.70 Å². The van der Waals surface area contributed by atoms with Gasteiger partial charge in [0.2, 0.25) is 0 Å². The molecule has 5 nitrogen and oxygen atoms in total. The topological polar surface area (TPSA) is 67.4 Å². The monoisotopic (exact) mass is 380 g/mol. The van der Waals surface area contributed by atoms with E-state index in [1.807, 2.05) is 0 Å². The first-order chi connectivity index (χ1) is 12.4. The summed E-state index contributed by atoms with van der Waals surface area (Å²) in [7, 11) is 0. The number of carbonyl (C=O) groups excluding carboxylic acids is 2. The van der Waals surface area contributed by atoms with E-state index in [4.69, 9.17) is 16.3 Å². The van der Waals surface area contributed by atoms with Crippen LogP contribution in [0, 0.1) is 0 Å². The Balaban J connectivity index is 4.30. The van der Waals surface area contributed by atoms with Crippen LogP contribution in [0.2, 0.25) is 0 Å².